The Labute approximate surface area is 172 Å². The maximum absolute atomic E-state index is 12.5. The van der Waals surface area contributed by atoms with Crippen LogP contribution in [0.3, 0.4) is 0 Å². The van der Waals surface area contributed by atoms with E-state index < -0.39 is 10.0 Å². The van der Waals surface area contributed by atoms with E-state index in [1.165, 1.54) is 9.71 Å². The molecule has 0 unspecified atom stereocenters. The average Bonchev–Trinajstić information content (AvgIpc) is 2.71. The fraction of sp³-hybridized carbons (Fsp3) is 0.318. The molecule has 0 aromatic heterocycles. The summed E-state index contributed by atoms with van der Waals surface area (Å²) < 4.78 is 26.5. The van der Waals surface area contributed by atoms with Crippen molar-refractivity contribution >= 4 is 27.7 Å². The number of piperazine rings is 1. The van der Waals surface area contributed by atoms with Gasteiger partial charge in [0.1, 0.15) is 0 Å². The molecule has 0 atom stereocenters. The van der Waals surface area contributed by atoms with Crippen molar-refractivity contribution in [3.05, 3.63) is 70.6 Å². The van der Waals surface area contributed by atoms with Crippen molar-refractivity contribution in [3.8, 4) is 0 Å². The first-order valence-electron chi connectivity index (χ1n) is 9.67. The van der Waals surface area contributed by atoms with E-state index in [9.17, 15) is 13.2 Å². The molecule has 29 heavy (non-hydrogen) atoms. The molecule has 1 amide bonds. The number of benzene rings is 2. The maximum Gasteiger partial charge on any atom is 0.238 e. The molecule has 0 bridgehead atoms. The Bertz CT molecular complexity index is 980. The Morgan fingerprint density at radius 3 is 2.38 bits per heavy atom. The minimum Gasteiger partial charge on any atom is -0.325 e. The largest absolute Gasteiger partial charge is 0.325 e. The molecular formula is C22H27N3O3S. The zero-order valence-electron chi connectivity index (χ0n) is 16.8. The lowest BCUT2D eigenvalue weighted by Crippen LogP contribution is -2.49. The Morgan fingerprint density at radius 1 is 1.00 bits per heavy atom. The van der Waals surface area contributed by atoms with Gasteiger partial charge >= 0.3 is 0 Å². The average molecular weight is 414 g/mol. The predicted molar refractivity (Wildman–Crippen MR) is 117 cm³/mol. The zero-order chi connectivity index (χ0) is 20.9. The first kappa shape index (κ1) is 21.2. The molecule has 2 aromatic carbocycles. The van der Waals surface area contributed by atoms with Crippen molar-refractivity contribution < 1.29 is 13.2 Å². The second-order valence-corrected chi connectivity index (χ2v) is 9.05. The standard InChI is InChI=1S/C22H27N3O3S/c1-18-7-6-10-21(19(18)2)23-22(26)17-24-12-14-25(15-13-24)29(27,28)16-11-20-8-4-3-5-9-20/h3-11,16H,12-15,17H2,1-2H3,(H,23,26)/b16-11+. The molecule has 3 rings (SSSR count). The third kappa shape index (κ3) is 5.76. The quantitative estimate of drug-likeness (QED) is 0.791. The van der Waals surface area contributed by atoms with Crippen LogP contribution >= 0.6 is 0 Å². The van der Waals surface area contributed by atoms with Crippen LogP contribution in [0.2, 0.25) is 0 Å². The van der Waals surface area contributed by atoms with E-state index in [-0.39, 0.29) is 12.5 Å². The molecule has 1 fully saturated rings. The molecule has 154 valence electrons. The number of hydrogen-bond donors (Lipinski definition) is 1. The topological polar surface area (TPSA) is 69.7 Å². The first-order chi connectivity index (χ1) is 13.8. The van der Waals surface area contributed by atoms with Gasteiger partial charge in [0, 0.05) is 37.3 Å². The third-order valence-electron chi connectivity index (χ3n) is 5.17. The number of aryl methyl sites for hydroxylation is 1. The minimum atomic E-state index is -3.47. The van der Waals surface area contributed by atoms with Crippen LogP contribution in [-0.2, 0) is 14.8 Å². The SMILES string of the molecule is Cc1cccc(NC(=O)CN2CCN(S(=O)(=O)/C=C/c3ccccc3)CC2)c1C. The van der Waals surface area contributed by atoms with Gasteiger partial charge in [-0.3, -0.25) is 9.69 Å². The lowest BCUT2D eigenvalue weighted by Gasteiger charge is -2.32. The summed E-state index contributed by atoms with van der Waals surface area (Å²) in [5.41, 5.74) is 3.85. The van der Waals surface area contributed by atoms with E-state index in [4.69, 9.17) is 0 Å². The van der Waals surface area contributed by atoms with Crippen LogP contribution in [-0.4, -0.2) is 56.3 Å². The highest BCUT2D eigenvalue weighted by Gasteiger charge is 2.26. The van der Waals surface area contributed by atoms with Crippen LogP contribution < -0.4 is 5.32 Å². The number of carbonyl (C=O) groups excluding carboxylic acids is 1. The monoisotopic (exact) mass is 413 g/mol. The lowest BCUT2D eigenvalue weighted by molar-refractivity contribution is -0.117. The molecule has 0 saturated carbocycles. The van der Waals surface area contributed by atoms with E-state index >= 15 is 0 Å². The van der Waals surface area contributed by atoms with E-state index in [0.29, 0.717) is 26.2 Å². The number of rotatable bonds is 6. The molecular weight excluding hydrogens is 386 g/mol. The minimum absolute atomic E-state index is 0.0843. The van der Waals surface area contributed by atoms with Crippen molar-refractivity contribution in [3.63, 3.8) is 0 Å². The van der Waals surface area contributed by atoms with Gasteiger partial charge in [-0.05, 0) is 42.7 Å². The summed E-state index contributed by atoms with van der Waals surface area (Å²) in [6.45, 7) is 6.04. The van der Waals surface area contributed by atoms with E-state index in [2.05, 4.69) is 5.32 Å². The van der Waals surface area contributed by atoms with Crippen LogP contribution in [0.25, 0.3) is 6.08 Å². The normalized spacial score (nSPS) is 16.2. The predicted octanol–water partition coefficient (Wildman–Crippen LogP) is 2.86. The van der Waals surface area contributed by atoms with Gasteiger partial charge in [0.15, 0.2) is 0 Å². The van der Waals surface area contributed by atoms with Gasteiger partial charge in [0.05, 0.1) is 6.54 Å². The van der Waals surface area contributed by atoms with Gasteiger partial charge in [-0.2, -0.15) is 4.31 Å². The lowest BCUT2D eigenvalue weighted by atomic mass is 10.1. The van der Waals surface area contributed by atoms with E-state index in [1.807, 2.05) is 67.3 Å². The van der Waals surface area contributed by atoms with Gasteiger partial charge in [-0.1, -0.05) is 42.5 Å². The number of carbonyl (C=O) groups is 1. The smallest absolute Gasteiger partial charge is 0.238 e. The summed E-state index contributed by atoms with van der Waals surface area (Å²) in [7, 11) is -3.47. The molecule has 1 N–H and O–H groups in total. The van der Waals surface area contributed by atoms with Crippen molar-refractivity contribution in [1.29, 1.82) is 0 Å². The number of anilines is 1. The Balaban J connectivity index is 1.51. The Morgan fingerprint density at radius 2 is 1.69 bits per heavy atom. The Kier molecular flexibility index (Phi) is 6.84. The van der Waals surface area contributed by atoms with Crippen LogP contribution in [0.4, 0.5) is 5.69 Å². The molecule has 7 heteroatoms. The highest BCUT2D eigenvalue weighted by atomic mass is 32.2. The van der Waals surface area contributed by atoms with Crippen LogP contribution in [0.5, 0.6) is 0 Å². The van der Waals surface area contributed by atoms with Crippen LogP contribution in [0, 0.1) is 13.8 Å². The number of sulfonamides is 1. The third-order valence-corrected chi connectivity index (χ3v) is 6.73. The molecule has 1 saturated heterocycles. The molecule has 6 nitrogen and oxygen atoms in total. The van der Waals surface area contributed by atoms with E-state index in [1.54, 1.807) is 6.08 Å². The zero-order valence-corrected chi connectivity index (χ0v) is 17.7. The van der Waals surface area contributed by atoms with Gasteiger partial charge in [0.2, 0.25) is 15.9 Å². The molecule has 2 aromatic rings. The number of amides is 1. The molecule has 0 spiro atoms. The first-order valence-corrected chi connectivity index (χ1v) is 11.2. The number of nitrogens with zero attached hydrogens (tertiary/aromatic N) is 2. The summed E-state index contributed by atoms with van der Waals surface area (Å²) in [5, 5.41) is 4.21. The summed E-state index contributed by atoms with van der Waals surface area (Å²) in [6.07, 6.45) is 1.61. The van der Waals surface area contributed by atoms with Gasteiger partial charge in [-0.25, -0.2) is 8.42 Å². The number of nitrogens with one attached hydrogen (secondary N) is 1. The van der Waals surface area contributed by atoms with Gasteiger partial charge < -0.3 is 5.32 Å². The Hall–Kier alpha value is -2.48. The summed E-state index contributed by atoms with van der Waals surface area (Å²) in [6, 6.07) is 15.2. The maximum atomic E-state index is 12.5. The molecule has 1 aliphatic rings. The molecule has 1 heterocycles. The van der Waals surface area contributed by atoms with Crippen molar-refractivity contribution in [1.82, 2.24) is 9.21 Å². The van der Waals surface area contributed by atoms with Crippen LogP contribution in [0.15, 0.2) is 53.9 Å². The van der Waals surface area contributed by atoms with Crippen LogP contribution in [0.1, 0.15) is 16.7 Å². The molecule has 0 aliphatic carbocycles. The summed E-state index contributed by atoms with van der Waals surface area (Å²) in [4.78, 5) is 14.4. The van der Waals surface area contributed by atoms with Crippen molar-refractivity contribution in [2.24, 2.45) is 0 Å². The summed E-state index contributed by atoms with van der Waals surface area (Å²) >= 11 is 0. The second-order valence-electron chi connectivity index (χ2n) is 7.23. The fourth-order valence-electron chi connectivity index (χ4n) is 3.24. The van der Waals surface area contributed by atoms with Crippen molar-refractivity contribution in [2.75, 3.05) is 38.0 Å². The fourth-order valence-corrected chi connectivity index (χ4v) is 4.41. The van der Waals surface area contributed by atoms with Gasteiger partial charge in [0.25, 0.3) is 0 Å². The van der Waals surface area contributed by atoms with E-state index in [0.717, 1.165) is 22.4 Å². The van der Waals surface area contributed by atoms with Gasteiger partial charge in [-0.15, -0.1) is 0 Å². The second kappa shape index (κ2) is 9.35. The number of hydrogen-bond acceptors (Lipinski definition) is 4. The van der Waals surface area contributed by atoms with Crippen molar-refractivity contribution in [2.45, 2.75) is 13.8 Å². The molecule has 1 aliphatic heterocycles. The summed E-state index contributed by atoms with van der Waals surface area (Å²) in [5.74, 6) is -0.0843. The molecule has 0 radical (unpaired) electrons. The highest BCUT2D eigenvalue weighted by molar-refractivity contribution is 7.92. The highest BCUT2D eigenvalue weighted by Crippen LogP contribution is 2.18.